The number of likely N-dealkylation sites (tertiary alicyclic amines) is 1. The van der Waals surface area contributed by atoms with Crippen molar-refractivity contribution in [3.8, 4) is 0 Å². The SMILES string of the molecule is CCCNc1ncc(C(=O)NCC2CCN(C)C2)cc1Cl. The lowest BCUT2D eigenvalue weighted by atomic mass is 10.1. The Morgan fingerprint density at radius 1 is 1.57 bits per heavy atom. The summed E-state index contributed by atoms with van der Waals surface area (Å²) >= 11 is 6.14. The minimum absolute atomic E-state index is 0.110. The Hall–Kier alpha value is -1.33. The summed E-state index contributed by atoms with van der Waals surface area (Å²) in [6.45, 7) is 5.73. The van der Waals surface area contributed by atoms with E-state index >= 15 is 0 Å². The molecule has 2 N–H and O–H groups in total. The first-order chi connectivity index (χ1) is 10.1. The van der Waals surface area contributed by atoms with Crippen LogP contribution >= 0.6 is 11.6 Å². The number of halogens is 1. The van der Waals surface area contributed by atoms with Gasteiger partial charge < -0.3 is 15.5 Å². The number of carbonyl (C=O) groups excluding carboxylic acids is 1. The first-order valence-corrected chi connectivity index (χ1v) is 7.84. The second-order valence-electron chi connectivity index (χ2n) is 5.61. The minimum Gasteiger partial charge on any atom is -0.369 e. The zero-order chi connectivity index (χ0) is 15.2. The Morgan fingerprint density at radius 2 is 2.38 bits per heavy atom. The second-order valence-corrected chi connectivity index (χ2v) is 6.02. The number of anilines is 1. The quantitative estimate of drug-likeness (QED) is 0.846. The van der Waals surface area contributed by atoms with Crippen molar-refractivity contribution in [2.24, 2.45) is 5.92 Å². The fourth-order valence-corrected chi connectivity index (χ4v) is 2.70. The van der Waals surface area contributed by atoms with Crippen molar-refractivity contribution in [3.05, 3.63) is 22.8 Å². The van der Waals surface area contributed by atoms with Crippen LogP contribution in [0.3, 0.4) is 0 Å². The molecule has 1 aromatic heterocycles. The molecule has 1 amide bonds. The molecule has 2 heterocycles. The van der Waals surface area contributed by atoms with Crippen molar-refractivity contribution in [2.45, 2.75) is 19.8 Å². The maximum atomic E-state index is 12.1. The van der Waals surface area contributed by atoms with E-state index in [2.05, 4.69) is 34.5 Å². The van der Waals surface area contributed by atoms with Gasteiger partial charge in [0, 0.05) is 25.8 Å². The lowest BCUT2D eigenvalue weighted by molar-refractivity contribution is 0.0947. The average molecular weight is 311 g/mol. The monoisotopic (exact) mass is 310 g/mol. The fourth-order valence-electron chi connectivity index (χ4n) is 2.47. The van der Waals surface area contributed by atoms with Crippen molar-refractivity contribution in [3.63, 3.8) is 0 Å². The van der Waals surface area contributed by atoms with Crippen LogP contribution < -0.4 is 10.6 Å². The van der Waals surface area contributed by atoms with Crippen LogP contribution in [0.5, 0.6) is 0 Å². The molecule has 5 nitrogen and oxygen atoms in total. The molecule has 1 aliphatic heterocycles. The summed E-state index contributed by atoms with van der Waals surface area (Å²) < 4.78 is 0. The molecule has 2 rings (SSSR count). The van der Waals surface area contributed by atoms with E-state index < -0.39 is 0 Å². The largest absolute Gasteiger partial charge is 0.369 e. The number of carbonyl (C=O) groups is 1. The van der Waals surface area contributed by atoms with Crippen LogP contribution in [0.4, 0.5) is 5.82 Å². The van der Waals surface area contributed by atoms with Crippen LogP contribution in [0, 0.1) is 5.92 Å². The van der Waals surface area contributed by atoms with Gasteiger partial charge in [-0.25, -0.2) is 4.98 Å². The second kappa shape index (κ2) is 7.61. The van der Waals surface area contributed by atoms with E-state index in [1.54, 1.807) is 12.3 Å². The summed E-state index contributed by atoms with van der Waals surface area (Å²) in [5.74, 6) is 1.06. The molecule has 0 radical (unpaired) electrons. The molecule has 1 saturated heterocycles. The molecule has 1 fully saturated rings. The highest BCUT2D eigenvalue weighted by Gasteiger charge is 2.20. The number of pyridine rings is 1. The number of nitrogens with zero attached hydrogens (tertiary/aromatic N) is 2. The predicted molar refractivity (Wildman–Crippen MR) is 86.0 cm³/mol. The van der Waals surface area contributed by atoms with Crippen molar-refractivity contribution >= 4 is 23.3 Å². The maximum Gasteiger partial charge on any atom is 0.252 e. The number of aromatic nitrogens is 1. The van der Waals surface area contributed by atoms with Gasteiger partial charge in [0.1, 0.15) is 5.82 Å². The Bertz CT molecular complexity index is 495. The fraction of sp³-hybridized carbons (Fsp3) is 0.600. The molecule has 0 spiro atoms. The highest BCUT2D eigenvalue weighted by Crippen LogP contribution is 2.20. The van der Waals surface area contributed by atoms with Crippen LogP contribution in [0.2, 0.25) is 5.02 Å². The van der Waals surface area contributed by atoms with Crippen molar-refractivity contribution in [1.82, 2.24) is 15.2 Å². The van der Waals surface area contributed by atoms with E-state index in [4.69, 9.17) is 11.6 Å². The Kier molecular flexibility index (Phi) is 5.82. The van der Waals surface area contributed by atoms with E-state index in [-0.39, 0.29) is 5.91 Å². The highest BCUT2D eigenvalue weighted by atomic mass is 35.5. The van der Waals surface area contributed by atoms with E-state index in [1.807, 2.05) is 0 Å². The molecular formula is C15H23ClN4O. The summed E-state index contributed by atoms with van der Waals surface area (Å²) in [7, 11) is 2.10. The normalized spacial score (nSPS) is 18.7. The number of hydrogen-bond donors (Lipinski definition) is 2. The van der Waals surface area contributed by atoms with E-state index in [1.165, 1.54) is 0 Å². The van der Waals surface area contributed by atoms with Gasteiger partial charge >= 0.3 is 0 Å². The van der Waals surface area contributed by atoms with Gasteiger partial charge in [0.25, 0.3) is 5.91 Å². The minimum atomic E-state index is -0.110. The van der Waals surface area contributed by atoms with E-state index in [0.717, 1.165) is 32.5 Å². The Morgan fingerprint density at radius 3 is 3.00 bits per heavy atom. The molecule has 0 aromatic carbocycles. The smallest absolute Gasteiger partial charge is 0.252 e. The highest BCUT2D eigenvalue weighted by molar-refractivity contribution is 6.33. The van der Waals surface area contributed by atoms with Crippen LogP contribution in [0.25, 0.3) is 0 Å². The van der Waals surface area contributed by atoms with Crippen LogP contribution in [-0.2, 0) is 0 Å². The third-order valence-electron chi connectivity index (χ3n) is 3.69. The molecule has 116 valence electrons. The van der Waals surface area contributed by atoms with Gasteiger partial charge in [0.15, 0.2) is 0 Å². The van der Waals surface area contributed by atoms with Gasteiger partial charge in [-0.1, -0.05) is 18.5 Å². The Labute approximate surface area is 131 Å². The first-order valence-electron chi connectivity index (χ1n) is 7.46. The van der Waals surface area contributed by atoms with Crippen LogP contribution in [-0.4, -0.2) is 49.0 Å². The summed E-state index contributed by atoms with van der Waals surface area (Å²) in [5, 5.41) is 6.58. The van der Waals surface area contributed by atoms with Gasteiger partial charge in [-0.05, 0) is 38.4 Å². The van der Waals surface area contributed by atoms with Gasteiger partial charge in [-0.2, -0.15) is 0 Å². The van der Waals surface area contributed by atoms with Gasteiger partial charge in [-0.3, -0.25) is 4.79 Å². The lowest BCUT2D eigenvalue weighted by Gasteiger charge is -2.12. The molecular weight excluding hydrogens is 288 g/mol. The standard InChI is InChI=1S/C15H23ClN4O/c1-3-5-17-14-13(16)7-12(9-18-14)15(21)19-8-11-4-6-20(2)10-11/h7,9,11H,3-6,8,10H2,1-2H3,(H,17,18)(H,19,21). The number of nitrogens with one attached hydrogen (secondary N) is 2. The van der Waals surface area contributed by atoms with E-state index in [9.17, 15) is 4.79 Å². The molecule has 0 bridgehead atoms. The van der Waals surface area contributed by atoms with E-state index in [0.29, 0.717) is 28.9 Å². The number of amides is 1. The van der Waals surface area contributed by atoms with Crippen molar-refractivity contribution in [1.29, 1.82) is 0 Å². The van der Waals surface area contributed by atoms with Gasteiger partial charge in [0.05, 0.1) is 10.6 Å². The predicted octanol–water partition coefficient (Wildman–Crippen LogP) is 2.24. The molecule has 21 heavy (non-hydrogen) atoms. The Balaban J connectivity index is 1.88. The number of rotatable bonds is 6. The first kappa shape index (κ1) is 16.0. The summed E-state index contributed by atoms with van der Waals surface area (Å²) in [5.41, 5.74) is 0.508. The van der Waals surface area contributed by atoms with Gasteiger partial charge in [0.2, 0.25) is 0 Å². The maximum absolute atomic E-state index is 12.1. The van der Waals surface area contributed by atoms with Crippen LogP contribution in [0.15, 0.2) is 12.3 Å². The summed E-state index contributed by atoms with van der Waals surface area (Å²) in [6, 6.07) is 1.67. The zero-order valence-electron chi connectivity index (χ0n) is 12.7. The molecule has 6 heteroatoms. The van der Waals surface area contributed by atoms with Gasteiger partial charge in [-0.15, -0.1) is 0 Å². The van der Waals surface area contributed by atoms with Crippen molar-refractivity contribution in [2.75, 3.05) is 38.5 Å². The zero-order valence-corrected chi connectivity index (χ0v) is 13.4. The molecule has 0 saturated carbocycles. The average Bonchev–Trinajstić information content (AvgIpc) is 2.89. The topological polar surface area (TPSA) is 57.3 Å². The molecule has 1 aliphatic rings. The molecule has 0 aliphatic carbocycles. The molecule has 1 aromatic rings. The number of hydrogen-bond acceptors (Lipinski definition) is 4. The lowest BCUT2D eigenvalue weighted by Crippen LogP contribution is -2.30. The van der Waals surface area contributed by atoms with Crippen molar-refractivity contribution < 1.29 is 4.79 Å². The summed E-state index contributed by atoms with van der Waals surface area (Å²) in [6.07, 6.45) is 3.70. The summed E-state index contributed by atoms with van der Waals surface area (Å²) in [4.78, 5) is 18.6. The molecule has 1 atom stereocenters. The van der Waals surface area contributed by atoms with Crippen LogP contribution in [0.1, 0.15) is 30.1 Å². The molecule has 1 unspecified atom stereocenters. The third-order valence-corrected chi connectivity index (χ3v) is 3.97. The third kappa shape index (κ3) is 4.58.